The van der Waals surface area contributed by atoms with E-state index in [0.29, 0.717) is 39.7 Å². The second-order valence-electron chi connectivity index (χ2n) is 7.79. The van der Waals surface area contributed by atoms with E-state index < -0.39 is 5.25 Å². The second-order valence-corrected chi connectivity index (χ2v) is 8.93. The number of thioether (sulfide) groups is 1. The fourth-order valence-corrected chi connectivity index (χ4v) is 4.66. The maximum atomic E-state index is 13.5. The number of benzene rings is 4. The van der Waals surface area contributed by atoms with Gasteiger partial charge in [0.15, 0.2) is 5.78 Å². The number of phenolic OH excluding ortho intramolecular Hbond substituents is 3. The van der Waals surface area contributed by atoms with E-state index in [1.54, 1.807) is 55.5 Å². The summed E-state index contributed by atoms with van der Waals surface area (Å²) in [4.78, 5) is 14.0. The van der Waals surface area contributed by atoms with Crippen LogP contribution in [0.5, 0.6) is 23.0 Å². The minimum atomic E-state index is -0.680. The van der Waals surface area contributed by atoms with Crippen LogP contribution in [0.25, 0.3) is 0 Å². The van der Waals surface area contributed by atoms with Crippen molar-refractivity contribution in [1.82, 2.24) is 0 Å². The Morgan fingerprint density at radius 2 is 1.59 bits per heavy atom. The highest BCUT2D eigenvalue weighted by Gasteiger charge is 2.25. The highest BCUT2D eigenvalue weighted by atomic mass is 32.2. The van der Waals surface area contributed by atoms with Crippen molar-refractivity contribution in [2.45, 2.75) is 23.7 Å². The van der Waals surface area contributed by atoms with Gasteiger partial charge in [-0.3, -0.25) is 4.79 Å². The molecule has 0 fully saturated rings. The Kier molecular flexibility index (Phi) is 6.68. The van der Waals surface area contributed by atoms with Gasteiger partial charge in [0.2, 0.25) is 0 Å². The molecule has 0 aliphatic heterocycles. The molecule has 5 nitrogen and oxygen atoms in total. The monoisotopic (exact) mass is 474 g/mol. The Morgan fingerprint density at radius 3 is 2.26 bits per heavy atom. The van der Waals surface area contributed by atoms with E-state index in [1.807, 2.05) is 30.3 Å². The van der Waals surface area contributed by atoms with Gasteiger partial charge in [0.1, 0.15) is 29.6 Å². The van der Waals surface area contributed by atoms with Gasteiger partial charge in [-0.15, -0.1) is 11.8 Å². The molecule has 0 saturated heterocycles. The normalized spacial score (nSPS) is 12.0. The van der Waals surface area contributed by atoms with Crippen LogP contribution in [0.4, 0.5) is 0 Å². The van der Waals surface area contributed by atoms with Crippen LogP contribution in [0.15, 0.2) is 95.9 Å². The van der Waals surface area contributed by atoms with Crippen LogP contribution in [0.1, 0.15) is 32.3 Å². The molecule has 0 spiro atoms. The molecule has 0 radical (unpaired) electrons. The SMILES string of the molecule is [3H]Oc1ccc(C(Sc2ccc(OCc3ccccc3)c(C)c2O)C(=O)c2ccc(O)cc2)cc1. The number of carbonyl (C=O) groups excluding carboxylic acids is 1. The molecular weight excluding hydrogens is 448 g/mol. The van der Waals surface area contributed by atoms with Crippen LogP contribution in [0.3, 0.4) is 0 Å². The number of phenols is 3. The Balaban J connectivity index is 1.62. The summed E-state index contributed by atoms with van der Waals surface area (Å²) in [6.07, 6.45) is 0. The van der Waals surface area contributed by atoms with Gasteiger partial charge >= 0.3 is 0 Å². The van der Waals surface area contributed by atoms with Crippen molar-refractivity contribution in [1.29, 1.82) is 1.43 Å². The van der Waals surface area contributed by atoms with Gasteiger partial charge in [0.25, 0.3) is 1.43 Å². The maximum Gasteiger partial charge on any atom is 0.293 e. The summed E-state index contributed by atoms with van der Waals surface area (Å²) < 4.78 is 13.0. The first kappa shape index (κ1) is 21.9. The number of aromatic hydroxyl groups is 3. The fraction of sp³-hybridized carbons (Fsp3) is 0.107. The summed E-state index contributed by atoms with van der Waals surface area (Å²) in [6.45, 7) is 2.15. The lowest BCUT2D eigenvalue weighted by atomic mass is 10.0. The van der Waals surface area contributed by atoms with Gasteiger partial charge in [-0.05, 0) is 66.6 Å². The van der Waals surface area contributed by atoms with E-state index in [2.05, 4.69) is 5.11 Å². The van der Waals surface area contributed by atoms with Crippen molar-refractivity contribution < 1.29 is 24.9 Å². The van der Waals surface area contributed by atoms with Gasteiger partial charge in [-0.25, -0.2) is 0 Å². The molecule has 1 unspecified atom stereocenters. The van der Waals surface area contributed by atoms with Gasteiger partial charge in [0, 0.05) is 11.1 Å². The van der Waals surface area contributed by atoms with Crippen LogP contribution >= 0.6 is 11.8 Å². The van der Waals surface area contributed by atoms with Crippen molar-refractivity contribution in [3.05, 3.63) is 113 Å². The van der Waals surface area contributed by atoms with Crippen LogP contribution in [0, 0.1) is 6.92 Å². The van der Waals surface area contributed by atoms with Crippen LogP contribution in [-0.2, 0) is 6.61 Å². The van der Waals surface area contributed by atoms with Crippen molar-refractivity contribution in [2.75, 3.05) is 0 Å². The van der Waals surface area contributed by atoms with E-state index in [4.69, 9.17) is 6.17 Å². The predicted molar refractivity (Wildman–Crippen MR) is 133 cm³/mol. The quantitative estimate of drug-likeness (QED) is 0.192. The lowest BCUT2D eigenvalue weighted by molar-refractivity contribution is 0.0989. The second kappa shape index (κ2) is 10.4. The largest absolute Gasteiger partial charge is 0.508 e. The Labute approximate surface area is 203 Å². The molecule has 0 aromatic heterocycles. The summed E-state index contributed by atoms with van der Waals surface area (Å²) in [5, 5.41) is 24.4. The number of hydrogen-bond acceptors (Lipinski definition) is 6. The molecule has 4 aromatic rings. The van der Waals surface area contributed by atoms with E-state index in [9.17, 15) is 15.0 Å². The lowest BCUT2D eigenvalue weighted by Crippen LogP contribution is -2.10. The minimum absolute atomic E-state index is 0.0511. The molecule has 0 aliphatic rings. The summed E-state index contributed by atoms with van der Waals surface area (Å²) in [7, 11) is 0. The fourth-order valence-electron chi connectivity index (χ4n) is 3.46. The zero-order valence-corrected chi connectivity index (χ0v) is 19.3. The molecule has 34 heavy (non-hydrogen) atoms. The van der Waals surface area contributed by atoms with E-state index in [1.165, 1.54) is 23.9 Å². The lowest BCUT2D eigenvalue weighted by Gasteiger charge is -2.19. The van der Waals surface area contributed by atoms with Crippen LogP contribution in [0.2, 0.25) is 0 Å². The summed E-state index contributed by atoms with van der Waals surface area (Å²) >= 11 is 1.22. The molecule has 0 heterocycles. The Morgan fingerprint density at radius 1 is 0.912 bits per heavy atom. The molecule has 1 atom stereocenters. The third-order valence-corrected chi connectivity index (χ3v) is 6.70. The topological polar surface area (TPSA) is 87.0 Å². The Bertz CT molecular complexity index is 1290. The number of ketones is 1. The molecule has 3 N–H and O–H groups in total. The van der Waals surface area contributed by atoms with Crippen molar-refractivity contribution in [2.24, 2.45) is 0 Å². The maximum absolute atomic E-state index is 13.5. The van der Waals surface area contributed by atoms with E-state index in [0.717, 1.165) is 5.56 Å². The smallest absolute Gasteiger partial charge is 0.293 e. The zero-order chi connectivity index (χ0) is 24.8. The number of rotatable bonds is 9. The summed E-state index contributed by atoms with van der Waals surface area (Å²) in [5.74, 6) is 0.857. The molecule has 4 rings (SSSR count). The van der Waals surface area contributed by atoms with Gasteiger partial charge in [0.05, 0.1) is 10.1 Å². The third-order valence-electron chi connectivity index (χ3n) is 5.40. The molecule has 6 heteroatoms. The molecule has 172 valence electrons. The standard InChI is InChI=1S/C28H24O5S/c1-18-24(33-17-19-5-3-2-4-6-19)15-16-25(26(18)31)34-28(21-9-13-23(30)14-10-21)27(32)20-7-11-22(29)12-8-20/h2-16,28-31H,17H2,1H3/i/hT. The molecular formula is C28H24O5S. The minimum Gasteiger partial charge on any atom is -0.508 e. The number of Topliss-reactive ketones (excluding diaryl/α,β-unsaturated/α-hetero) is 1. The van der Waals surface area contributed by atoms with E-state index in [-0.39, 0.29) is 17.3 Å². The third kappa shape index (κ3) is 5.35. The van der Waals surface area contributed by atoms with Crippen molar-refractivity contribution in [3.63, 3.8) is 0 Å². The first-order valence-electron chi connectivity index (χ1n) is 11.1. The predicted octanol–water partition coefficient (Wildman–Crippen LogP) is 6.41. The van der Waals surface area contributed by atoms with Crippen molar-refractivity contribution >= 4 is 17.5 Å². The number of hydrogen-bond donors (Lipinski definition) is 3. The molecule has 0 amide bonds. The molecule has 0 bridgehead atoms. The average Bonchev–Trinajstić information content (AvgIpc) is 2.90. The first-order valence-corrected chi connectivity index (χ1v) is 11.6. The zero-order valence-electron chi connectivity index (χ0n) is 19.5. The van der Waals surface area contributed by atoms with Crippen LogP contribution in [-0.4, -0.2) is 22.5 Å². The number of ether oxygens (including phenoxy) is 1. The van der Waals surface area contributed by atoms with Gasteiger partial charge in [-0.1, -0.05) is 42.5 Å². The first-order chi connectivity index (χ1) is 17.0. The summed E-state index contributed by atoms with van der Waals surface area (Å²) in [6, 6.07) is 26.0. The molecule has 0 saturated carbocycles. The average molecular weight is 475 g/mol. The molecule has 0 aliphatic carbocycles. The Hall–Kier alpha value is -3.90. The van der Waals surface area contributed by atoms with Crippen LogP contribution < -0.4 is 4.74 Å². The molecule has 4 aromatic carbocycles. The summed E-state index contributed by atoms with van der Waals surface area (Å²) in [5.41, 5.74) is 2.72. The number of carbonyl (C=O) groups is 1. The van der Waals surface area contributed by atoms with E-state index >= 15 is 0 Å². The van der Waals surface area contributed by atoms with Crippen molar-refractivity contribution in [3.8, 4) is 23.0 Å². The van der Waals surface area contributed by atoms with Gasteiger partial charge < -0.3 is 20.1 Å². The van der Waals surface area contributed by atoms with Gasteiger partial charge in [-0.2, -0.15) is 0 Å². The highest BCUT2D eigenvalue weighted by Crippen LogP contribution is 2.45. The highest BCUT2D eigenvalue weighted by molar-refractivity contribution is 8.00.